The van der Waals surface area contributed by atoms with Gasteiger partial charge in [-0.2, -0.15) is 0 Å². The summed E-state index contributed by atoms with van der Waals surface area (Å²) in [6, 6.07) is 9.09. The Hall–Kier alpha value is -2.17. The Morgan fingerprint density at radius 3 is 2.22 bits per heavy atom. The van der Waals surface area contributed by atoms with E-state index in [1.807, 2.05) is 39.0 Å². The van der Waals surface area contributed by atoms with Crippen LogP contribution in [0.5, 0.6) is 0 Å². The zero-order valence-corrected chi connectivity index (χ0v) is 14.0. The summed E-state index contributed by atoms with van der Waals surface area (Å²) < 4.78 is 0. The second kappa shape index (κ2) is 7.40. The molecule has 1 amide bonds. The van der Waals surface area contributed by atoms with E-state index < -0.39 is 11.5 Å². The molecular weight excluding hydrogens is 292 g/mol. The third kappa shape index (κ3) is 4.65. The maximum Gasteiger partial charge on any atom is 0.435 e. The predicted molar refractivity (Wildman–Crippen MR) is 89.3 cm³/mol. The summed E-state index contributed by atoms with van der Waals surface area (Å²) >= 11 is 0. The number of benzene rings is 1. The van der Waals surface area contributed by atoms with Crippen molar-refractivity contribution in [1.82, 2.24) is 4.90 Å². The second-order valence-corrected chi connectivity index (χ2v) is 6.79. The van der Waals surface area contributed by atoms with E-state index in [2.05, 4.69) is 5.16 Å². The summed E-state index contributed by atoms with van der Waals surface area (Å²) in [5.41, 5.74) is 0.231. The molecule has 0 unspecified atom stereocenters. The molecule has 1 heterocycles. The van der Waals surface area contributed by atoms with Crippen molar-refractivity contribution < 1.29 is 14.4 Å². The molecule has 0 radical (unpaired) electrons. The van der Waals surface area contributed by atoms with Gasteiger partial charge in [0.1, 0.15) is 0 Å². The van der Waals surface area contributed by atoms with Gasteiger partial charge in [-0.25, -0.2) is 4.79 Å². The van der Waals surface area contributed by atoms with Crippen LogP contribution in [0.15, 0.2) is 35.5 Å². The molecule has 0 N–H and O–H groups in total. The molecule has 0 atom stereocenters. The molecule has 1 saturated heterocycles. The van der Waals surface area contributed by atoms with Gasteiger partial charge in [0.05, 0.1) is 0 Å². The zero-order chi connectivity index (χ0) is 16.9. The standard InChI is InChI=1S/C18H24N2O3/c1-18(2,3)16(21)15(14-10-6-4-7-11-14)19-23-17(22)20-12-8-5-9-13-20/h4,6-7,10-11H,5,8-9,12-13H2,1-3H3/b19-15-. The van der Waals surface area contributed by atoms with E-state index in [4.69, 9.17) is 4.84 Å². The minimum atomic E-state index is -0.605. The Balaban J connectivity index is 2.19. The lowest BCUT2D eigenvalue weighted by Crippen LogP contribution is -2.36. The largest absolute Gasteiger partial charge is 0.435 e. The van der Waals surface area contributed by atoms with Gasteiger partial charge in [0.15, 0.2) is 11.5 Å². The maximum atomic E-state index is 12.6. The smallest absolute Gasteiger partial charge is 0.306 e. The van der Waals surface area contributed by atoms with E-state index in [1.165, 1.54) is 0 Å². The molecule has 23 heavy (non-hydrogen) atoms. The Bertz CT molecular complexity index is 582. The first kappa shape index (κ1) is 17.2. The van der Waals surface area contributed by atoms with Crippen LogP contribution in [0.25, 0.3) is 0 Å². The van der Waals surface area contributed by atoms with Gasteiger partial charge in [-0.05, 0) is 19.3 Å². The van der Waals surface area contributed by atoms with Crippen LogP contribution in [0.4, 0.5) is 4.79 Å². The minimum absolute atomic E-state index is 0.157. The summed E-state index contributed by atoms with van der Waals surface area (Å²) in [6.45, 7) is 6.82. The van der Waals surface area contributed by atoms with E-state index in [0.717, 1.165) is 19.3 Å². The van der Waals surface area contributed by atoms with Gasteiger partial charge >= 0.3 is 6.09 Å². The van der Waals surface area contributed by atoms with Gasteiger partial charge in [-0.1, -0.05) is 56.3 Å². The summed E-state index contributed by atoms with van der Waals surface area (Å²) in [6.07, 6.45) is 2.60. The third-order valence-corrected chi connectivity index (χ3v) is 3.77. The first-order valence-electron chi connectivity index (χ1n) is 8.04. The van der Waals surface area contributed by atoms with Crippen LogP contribution >= 0.6 is 0 Å². The molecule has 0 spiro atoms. The van der Waals surface area contributed by atoms with Gasteiger partial charge in [0.25, 0.3) is 0 Å². The highest BCUT2D eigenvalue weighted by molar-refractivity contribution is 6.47. The van der Waals surface area contributed by atoms with Crippen molar-refractivity contribution in [3.05, 3.63) is 35.9 Å². The molecule has 0 aliphatic carbocycles. The Morgan fingerprint density at radius 2 is 1.65 bits per heavy atom. The molecule has 1 aromatic rings. The van der Waals surface area contributed by atoms with Gasteiger partial charge in [0.2, 0.25) is 0 Å². The fourth-order valence-corrected chi connectivity index (χ4v) is 2.40. The second-order valence-electron chi connectivity index (χ2n) is 6.79. The topological polar surface area (TPSA) is 59.0 Å². The van der Waals surface area contributed by atoms with Gasteiger partial charge in [-0.3, -0.25) is 9.63 Å². The normalized spacial score (nSPS) is 16.1. The predicted octanol–water partition coefficient (Wildman–Crippen LogP) is 3.63. The fraction of sp³-hybridized carbons (Fsp3) is 0.500. The summed E-state index contributed by atoms with van der Waals surface area (Å²) in [5, 5.41) is 3.91. The van der Waals surface area contributed by atoms with E-state index in [0.29, 0.717) is 18.7 Å². The highest BCUT2D eigenvalue weighted by atomic mass is 16.7. The molecule has 1 aliphatic heterocycles. The Labute approximate surface area is 137 Å². The number of hydrogen-bond donors (Lipinski definition) is 0. The summed E-state index contributed by atoms with van der Waals surface area (Å²) in [7, 11) is 0. The SMILES string of the molecule is CC(C)(C)C(=O)/C(=N\OC(=O)N1CCCCC1)c1ccccc1. The number of carbonyl (C=O) groups is 2. The Kier molecular flexibility index (Phi) is 5.53. The van der Waals surface area contributed by atoms with Crippen molar-refractivity contribution in [3.8, 4) is 0 Å². The number of piperidine rings is 1. The number of likely N-dealkylation sites (tertiary alicyclic amines) is 1. The number of rotatable bonds is 3. The van der Waals surface area contributed by atoms with Crippen molar-refractivity contribution >= 4 is 17.6 Å². The fourth-order valence-electron chi connectivity index (χ4n) is 2.40. The van der Waals surface area contributed by atoms with Crippen LogP contribution in [0, 0.1) is 5.41 Å². The molecule has 0 bridgehead atoms. The average molecular weight is 316 g/mol. The number of ketones is 1. The van der Waals surface area contributed by atoms with Crippen LogP contribution in [0.2, 0.25) is 0 Å². The number of nitrogens with zero attached hydrogens (tertiary/aromatic N) is 2. The van der Waals surface area contributed by atoms with E-state index in [9.17, 15) is 9.59 Å². The van der Waals surface area contributed by atoms with Crippen LogP contribution < -0.4 is 0 Å². The monoisotopic (exact) mass is 316 g/mol. The molecule has 0 aromatic heterocycles. The lowest BCUT2D eigenvalue weighted by Gasteiger charge is -2.24. The lowest BCUT2D eigenvalue weighted by atomic mass is 9.86. The van der Waals surface area contributed by atoms with Crippen LogP contribution in [-0.2, 0) is 9.63 Å². The molecule has 5 heteroatoms. The maximum absolute atomic E-state index is 12.6. The highest BCUT2D eigenvalue weighted by Crippen LogP contribution is 2.19. The molecule has 1 fully saturated rings. The van der Waals surface area contributed by atoms with E-state index in [-0.39, 0.29) is 11.5 Å². The molecule has 1 aromatic carbocycles. The third-order valence-electron chi connectivity index (χ3n) is 3.77. The molecule has 0 saturated carbocycles. The lowest BCUT2D eigenvalue weighted by molar-refractivity contribution is -0.119. The Morgan fingerprint density at radius 1 is 1.04 bits per heavy atom. The van der Waals surface area contributed by atoms with Crippen molar-refractivity contribution in [1.29, 1.82) is 0 Å². The number of hydrogen-bond acceptors (Lipinski definition) is 4. The molecule has 124 valence electrons. The van der Waals surface area contributed by atoms with Crippen molar-refractivity contribution in [2.75, 3.05) is 13.1 Å². The van der Waals surface area contributed by atoms with Crippen LogP contribution in [0.3, 0.4) is 0 Å². The number of Topliss-reactive ketones (excluding diaryl/α,β-unsaturated/α-hetero) is 1. The van der Waals surface area contributed by atoms with E-state index in [1.54, 1.807) is 17.0 Å². The number of oxime groups is 1. The first-order valence-corrected chi connectivity index (χ1v) is 8.04. The van der Waals surface area contributed by atoms with Crippen LogP contribution in [-0.4, -0.2) is 35.6 Å². The average Bonchev–Trinajstić information content (AvgIpc) is 2.55. The molecular formula is C18H24N2O3. The summed E-state index contributed by atoms with van der Waals surface area (Å²) in [4.78, 5) is 31.4. The highest BCUT2D eigenvalue weighted by Gasteiger charge is 2.28. The number of carbonyl (C=O) groups excluding carboxylic acids is 2. The van der Waals surface area contributed by atoms with Crippen molar-refractivity contribution in [3.63, 3.8) is 0 Å². The quantitative estimate of drug-likeness (QED) is 0.486. The summed E-state index contributed by atoms with van der Waals surface area (Å²) in [5.74, 6) is -0.157. The van der Waals surface area contributed by atoms with Gasteiger partial charge < -0.3 is 4.90 Å². The van der Waals surface area contributed by atoms with Crippen molar-refractivity contribution in [2.45, 2.75) is 40.0 Å². The first-order chi connectivity index (χ1) is 10.9. The number of amides is 1. The molecule has 2 rings (SSSR count). The molecule has 5 nitrogen and oxygen atoms in total. The zero-order valence-electron chi connectivity index (χ0n) is 14.0. The minimum Gasteiger partial charge on any atom is -0.306 e. The van der Waals surface area contributed by atoms with Gasteiger partial charge in [0, 0.05) is 24.1 Å². The van der Waals surface area contributed by atoms with E-state index >= 15 is 0 Å². The van der Waals surface area contributed by atoms with Crippen LogP contribution in [0.1, 0.15) is 45.6 Å². The van der Waals surface area contributed by atoms with Crippen molar-refractivity contribution in [2.24, 2.45) is 10.6 Å². The van der Waals surface area contributed by atoms with Gasteiger partial charge in [-0.15, -0.1) is 0 Å². The molecule has 1 aliphatic rings.